The molecule has 0 radical (unpaired) electrons. The van der Waals surface area contributed by atoms with Gasteiger partial charge < -0.3 is 9.47 Å². The number of hydrogen-bond acceptors (Lipinski definition) is 6. The molecule has 1 aliphatic rings. The average Bonchev–Trinajstić information content (AvgIpc) is 2.91. The maximum Gasteiger partial charge on any atom is 0.416 e. The molecule has 0 amide bonds. The van der Waals surface area contributed by atoms with Crippen molar-refractivity contribution in [1.82, 2.24) is 0 Å². The Hall–Kier alpha value is -4.00. The Kier molecular flexibility index (Phi) is 7.64. The molecule has 4 rings (SSSR count). The predicted molar refractivity (Wildman–Crippen MR) is 128 cm³/mol. The van der Waals surface area contributed by atoms with E-state index < -0.39 is 62.7 Å². The third kappa shape index (κ3) is 5.87. The second kappa shape index (κ2) is 10.6. The number of fused-ring (bicyclic) bond motifs is 1. The van der Waals surface area contributed by atoms with Gasteiger partial charge in [-0.15, -0.1) is 0 Å². The van der Waals surface area contributed by atoms with E-state index in [9.17, 15) is 40.0 Å². The minimum atomic E-state index is -4.81. The molecule has 3 aromatic rings. The van der Waals surface area contributed by atoms with Crippen LogP contribution in [0, 0.1) is 11.6 Å². The van der Waals surface area contributed by atoms with E-state index >= 15 is 0 Å². The van der Waals surface area contributed by atoms with Crippen LogP contribution in [0.25, 0.3) is 11.1 Å². The van der Waals surface area contributed by atoms with Gasteiger partial charge in [0.25, 0.3) is 10.0 Å². The number of ether oxygens (including phenoxy) is 2. The Balaban J connectivity index is 1.79. The number of halogens is 5. The summed E-state index contributed by atoms with van der Waals surface area (Å²) in [7, 11) is -3.64. The van der Waals surface area contributed by atoms with Gasteiger partial charge in [0.2, 0.25) is 5.78 Å². The Morgan fingerprint density at radius 1 is 1.05 bits per heavy atom. The quantitative estimate of drug-likeness (QED) is 0.223. The second-order valence-electron chi connectivity index (χ2n) is 8.56. The van der Waals surface area contributed by atoms with Crippen LogP contribution >= 0.6 is 0 Å². The molecule has 0 saturated carbocycles. The molecular weight excluding hydrogens is 549 g/mol. The molecule has 7 nitrogen and oxygen atoms in total. The maximum absolute atomic E-state index is 14.5. The average molecular weight is 570 g/mol. The lowest BCUT2D eigenvalue weighted by Gasteiger charge is -2.36. The molecule has 13 heteroatoms. The molecule has 1 heterocycles. The number of sulfonamides is 1. The van der Waals surface area contributed by atoms with Crippen molar-refractivity contribution in [2.75, 3.05) is 18.0 Å². The normalized spacial score (nSPS) is 15.3. The lowest BCUT2D eigenvalue weighted by atomic mass is 10.0. The molecule has 39 heavy (non-hydrogen) atoms. The first-order valence-electron chi connectivity index (χ1n) is 11.4. The molecular formula is C26H20F5NO6S. The predicted octanol–water partition coefficient (Wildman–Crippen LogP) is 5.13. The van der Waals surface area contributed by atoms with Crippen molar-refractivity contribution in [3.63, 3.8) is 0 Å². The van der Waals surface area contributed by atoms with E-state index in [0.717, 1.165) is 47.8 Å². The summed E-state index contributed by atoms with van der Waals surface area (Å²) < 4.78 is 107. The lowest BCUT2D eigenvalue weighted by Crippen LogP contribution is -2.44. The minimum absolute atomic E-state index is 0.0344. The molecule has 0 aliphatic carbocycles. The summed E-state index contributed by atoms with van der Waals surface area (Å²) >= 11 is 0. The molecule has 0 aromatic heterocycles. The molecule has 1 atom stereocenters. The number of carbonyl (C=O) groups is 2. The van der Waals surface area contributed by atoms with Crippen LogP contribution in [0.5, 0.6) is 5.75 Å². The summed E-state index contributed by atoms with van der Waals surface area (Å²) in [5.74, 6) is -3.55. The zero-order valence-corrected chi connectivity index (χ0v) is 21.0. The van der Waals surface area contributed by atoms with E-state index in [1.165, 1.54) is 18.2 Å². The Morgan fingerprint density at radius 2 is 1.79 bits per heavy atom. The van der Waals surface area contributed by atoms with Crippen LogP contribution in [-0.4, -0.2) is 39.9 Å². The first kappa shape index (κ1) is 28.0. The van der Waals surface area contributed by atoms with Crippen molar-refractivity contribution in [1.29, 1.82) is 0 Å². The lowest BCUT2D eigenvalue weighted by molar-refractivity contribution is -0.151. The molecule has 3 aromatic carbocycles. The number of ketones is 1. The molecule has 206 valence electrons. The zero-order chi connectivity index (χ0) is 28.5. The van der Waals surface area contributed by atoms with Gasteiger partial charge in [-0.3, -0.25) is 9.10 Å². The van der Waals surface area contributed by atoms with Crippen molar-refractivity contribution >= 4 is 27.5 Å². The van der Waals surface area contributed by atoms with Crippen LogP contribution in [0.15, 0.2) is 65.6 Å². The molecule has 0 saturated heterocycles. The second-order valence-corrected chi connectivity index (χ2v) is 10.4. The Labute approximate surface area is 219 Å². The van der Waals surface area contributed by atoms with Crippen molar-refractivity contribution < 1.29 is 49.4 Å². The van der Waals surface area contributed by atoms with Crippen LogP contribution in [0.2, 0.25) is 0 Å². The fourth-order valence-corrected chi connectivity index (χ4v) is 5.59. The summed E-state index contributed by atoms with van der Waals surface area (Å²) in [5, 5.41) is 0. The van der Waals surface area contributed by atoms with Gasteiger partial charge in [0.1, 0.15) is 23.5 Å². The number of methoxy groups -OCH3 is 1. The number of esters is 1. The van der Waals surface area contributed by atoms with E-state index in [2.05, 4.69) is 4.74 Å². The molecule has 0 fully saturated rings. The Bertz CT molecular complexity index is 1540. The highest BCUT2D eigenvalue weighted by Gasteiger charge is 2.37. The van der Waals surface area contributed by atoms with Crippen molar-refractivity contribution in [3.8, 4) is 16.9 Å². The summed E-state index contributed by atoms with van der Waals surface area (Å²) in [4.78, 5) is 22.7. The van der Waals surface area contributed by atoms with Crippen LogP contribution in [0.4, 0.5) is 27.6 Å². The first-order valence-corrected chi connectivity index (χ1v) is 12.8. The number of anilines is 1. The number of hydrogen-bond donors (Lipinski definition) is 0. The fraction of sp³-hybridized carbons (Fsp3) is 0.231. The highest BCUT2D eigenvalue weighted by molar-refractivity contribution is 7.92. The van der Waals surface area contributed by atoms with E-state index in [0.29, 0.717) is 6.07 Å². The molecule has 0 bridgehead atoms. The largest absolute Gasteiger partial charge is 0.486 e. The van der Waals surface area contributed by atoms with Crippen LogP contribution in [0.1, 0.15) is 18.4 Å². The number of rotatable bonds is 7. The highest BCUT2D eigenvalue weighted by atomic mass is 32.2. The van der Waals surface area contributed by atoms with Gasteiger partial charge in [-0.05, 0) is 60.5 Å². The van der Waals surface area contributed by atoms with E-state index in [1.807, 2.05) is 0 Å². The number of benzene rings is 3. The van der Waals surface area contributed by atoms with E-state index in [1.54, 1.807) is 0 Å². The first-order chi connectivity index (χ1) is 18.3. The summed E-state index contributed by atoms with van der Waals surface area (Å²) in [6.07, 6.45) is -6.27. The number of nitrogens with zero attached hydrogens (tertiary/aromatic N) is 1. The summed E-state index contributed by atoms with van der Waals surface area (Å²) in [5.41, 5.74) is -1.42. The minimum Gasteiger partial charge on any atom is -0.486 e. The molecule has 1 aliphatic heterocycles. The smallest absolute Gasteiger partial charge is 0.416 e. The van der Waals surface area contributed by atoms with Gasteiger partial charge in [-0.1, -0.05) is 12.1 Å². The van der Waals surface area contributed by atoms with E-state index in [4.69, 9.17) is 4.74 Å². The standard InChI is InChI=1S/C26H20F5NO6S/c1-37-25(34)23(33)9-7-18-14-32(39(35,36)19-4-2-3-16(12-19)26(29,30)31)22-11-15(5-10-24(22)38-18)20-13-17(27)6-8-21(20)28/h2-6,8,10-13,18H,7,9,14H2,1H3/t18-/m0/s1. The third-order valence-electron chi connectivity index (χ3n) is 5.99. The summed E-state index contributed by atoms with van der Waals surface area (Å²) in [6, 6.07) is 9.73. The zero-order valence-electron chi connectivity index (χ0n) is 20.2. The molecule has 0 spiro atoms. The highest BCUT2D eigenvalue weighted by Crippen LogP contribution is 2.41. The number of carbonyl (C=O) groups excluding carboxylic acids is 2. The third-order valence-corrected chi connectivity index (χ3v) is 7.76. The number of Topliss-reactive ketones (excluding diaryl/α,β-unsaturated/α-hetero) is 1. The SMILES string of the molecule is COC(=O)C(=O)CC[C@H]1CN(S(=O)(=O)c2cccc(C(F)(F)F)c2)c2cc(-c3cc(F)ccc3F)ccc2O1. The van der Waals surface area contributed by atoms with Crippen LogP contribution < -0.4 is 9.04 Å². The summed E-state index contributed by atoms with van der Waals surface area (Å²) in [6.45, 7) is -0.449. The van der Waals surface area contributed by atoms with Gasteiger partial charge in [0, 0.05) is 12.0 Å². The van der Waals surface area contributed by atoms with Crippen LogP contribution in [0.3, 0.4) is 0 Å². The molecule has 0 unspecified atom stereocenters. The van der Waals surface area contributed by atoms with E-state index in [-0.39, 0.29) is 35.4 Å². The van der Waals surface area contributed by atoms with Crippen molar-refractivity contribution in [3.05, 3.63) is 77.9 Å². The van der Waals surface area contributed by atoms with Crippen molar-refractivity contribution in [2.45, 2.75) is 30.0 Å². The van der Waals surface area contributed by atoms with Gasteiger partial charge >= 0.3 is 12.1 Å². The van der Waals surface area contributed by atoms with Gasteiger partial charge in [-0.2, -0.15) is 13.2 Å². The molecule has 0 N–H and O–H groups in total. The van der Waals surface area contributed by atoms with Crippen molar-refractivity contribution in [2.24, 2.45) is 0 Å². The van der Waals surface area contributed by atoms with Crippen LogP contribution in [-0.2, 0) is 30.5 Å². The fourth-order valence-electron chi connectivity index (χ4n) is 4.04. The Morgan fingerprint density at radius 3 is 2.49 bits per heavy atom. The monoisotopic (exact) mass is 569 g/mol. The van der Waals surface area contributed by atoms with Gasteiger partial charge in [0.15, 0.2) is 0 Å². The maximum atomic E-state index is 14.5. The topological polar surface area (TPSA) is 90.0 Å². The van der Waals surface area contributed by atoms with Gasteiger partial charge in [0.05, 0.1) is 29.8 Å². The number of alkyl halides is 3. The van der Waals surface area contributed by atoms with Gasteiger partial charge in [-0.25, -0.2) is 22.0 Å².